The van der Waals surface area contributed by atoms with Gasteiger partial charge in [0, 0.05) is 6.42 Å². The summed E-state index contributed by atoms with van der Waals surface area (Å²) in [5, 5.41) is 31.7. The van der Waals surface area contributed by atoms with Crippen LogP contribution in [0.4, 0.5) is 0 Å². The SMILES string of the molecule is CC1CC[C@@]2(OC1)O[C@H]1C[C@H]3[C@@H]4CCC5CCCC[C@]5(C)[C@H]4CC[C@]3(C)C1=C2C(O)(O)O. The van der Waals surface area contributed by atoms with Crippen LogP contribution in [0.15, 0.2) is 11.1 Å². The molecule has 3 N–H and O–H groups in total. The highest BCUT2D eigenvalue weighted by Crippen LogP contribution is 2.70. The lowest BCUT2D eigenvalue weighted by atomic mass is 9.45. The summed E-state index contributed by atoms with van der Waals surface area (Å²) in [5.41, 5.74) is 1.49. The standard InChI is InChI=1S/C27H42O5/c1-16-9-13-26(31-15-16)23(27(28,29)30)22-21(32-26)14-20-18-8-7-17-6-4-5-11-24(17,2)19(18)10-12-25(20,22)3/h16-21,28-30H,4-15H2,1-3H3/t16?,17?,18-,19+,20+,21+,24+,25+,26-/m1/s1. The summed E-state index contributed by atoms with van der Waals surface area (Å²) in [6.07, 6.45) is 12.7. The first-order valence-corrected chi connectivity index (χ1v) is 13.3. The van der Waals surface area contributed by atoms with Crippen LogP contribution in [0.3, 0.4) is 0 Å². The topological polar surface area (TPSA) is 79.2 Å². The van der Waals surface area contributed by atoms with E-state index in [2.05, 4.69) is 20.8 Å². The van der Waals surface area contributed by atoms with Crippen LogP contribution in [0, 0.1) is 40.4 Å². The fourth-order valence-corrected chi connectivity index (χ4v) is 9.74. The summed E-state index contributed by atoms with van der Waals surface area (Å²) in [5.74, 6) is -0.857. The summed E-state index contributed by atoms with van der Waals surface area (Å²) in [6, 6.07) is 0. The molecule has 0 bridgehead atoms. The molecule has 0 amide bonds. The monoisotopic (exact) mass is 446 g/mol. The van der Waals surface area contributed by atoms with Gasteiger partial charge in [0.05, 0.1) is 18.3 Å². The largest absolute Gasteiger partial charge is 0.346 e. The van der Waals surface area contributed by atoms with Crippen molar-refractivity contribution in [3.8, 4) is 0 Å². The van der Waals surface area contributed by atoms with E-state index in [9.17, 15) is 15.3 Å². The molecule has 180 valence electrons. The van der Waals surface area contributed by atoms with Crippen molar-refractivity contribution in [2.24, 2.45) is 40.4 Å². The van der Waals surface area contributed by atoms with Gasteiger partial charge in [0.2, 0.25) is 0 Å². The van der Waals surface area contributed by atoms with E-state index in [-0.39, 0.29) is 17.1 Å². The van der Waals surface area contributed by atoms with Gasteiger partial charge < -0.3 is 24.8 Å². The minimum Gasteiger partial charge on any atom is -0.346 e. The average Bonchev–Trinajstić information content (AvgIpc) is 3.20. The zero-order chi connectivity index (χ0) is 22.5. The fourth-order valence-electron chi connectivity index (χ4n) is 9.74. The average molecular weight is 447 g/mol. The Morgan fingerprint density at radius 2 is 1.72 bits per heavy atom. The molecule has 0 aromatic rings. The molecule has 0 aromatic carbocycles. The van der Waals surface area contributed by atoms with Gasteiger partial charge in [0.15, 0.2) is 5.79 Å². The summed E-state index contributed by atoms with van der Waals surface area (Å²) in [4.78, 5) is 0. The Labute approximate surface area is 192 Å². The number of ether oxygens (including phenoxy) is 2. The minimum atomic E-state index is -2.90. The Kier molecular flexibility index (Phi) is 4.84. The third kappa shape index (κ3) is 2.87. The van der Waals surface area contributed by atoms with Crippen LogP contribution in [0.1, 0.15) is 91.4 Å². The molecule has 1 spiro atoms. The molecule has 1 saturated heterocycles. The van der Waals surface area contributed by atoms with Crippen LogP contribution in [-0.2, 0) is 9.47 Å². The van der Waals surface area contributed by atoms with Crippen molar-refractivity contribution in [3.63, 3.8) is 0 Å². The van der Waals surface area contributed by atoms with Crippen molar-refractivity contribution in [1.29, 1.82) is 0 Å². The van der Waals surface area contributed by atoms with Crippen LogP contribution in [0.2, 0.25) is 0 Å². The van der Waals surface area contributed by atoms with Crippen LogP contribution in [-0.4, -0.2) is 39.8 Å². The molecule has 4 aliphatic carbocycles. The van der Waals surface area contributed by atoms with Crippen molar-refractivity contribution in [2.45, 2.75) is 109 Å². The van der Waals surface area contributed by atoms with Gasteiger partial charge >= 0.3 is 5.97 Å². The lowest BCUT2D eigenvalue weighted by Crippen LogP contribution is -2.53. The molecule has 32 heavy (non-hydrogen) atoms. The molecule has 0 radical (unpaired) electrons. The Hall–Kier alpha value is -0.460. The van der Waals surface area contributed by atoms with Gasteiger partial charge in [-0.25, -0.2) is 0 Å². The molecule has 9 atom stereocenters. The second kappa shape index (κ2) is 7.04. The highest BCUT2D eigenvalue weighted by atomic mass is 16.7. The van der Waals surface area contributed by atoms with Crippen molar-refractivity contribution in [2.75, 3.05) is 6.61 Å². The minimum absolute atomic E-state index is 0.158. The Bertz CT molecular complexity index is 805. The predicted octanol–water partition coefficient (Wildman–Crippen LogP) is 4.50. The number of rotatable bonds is 1. The van der Waals surface area contributed by atoms with Gasteiger partial charge in [-0.1, -0.05) is 33.6 Å². The van der Waals surface area contributed by atoms with Gasteiger partial charge in [-0.15, -0.1) is 0 Å². The number of hydrogen-bond acceptors (Lipinski definition) is 5. The molecule has 5 fully saturated rings. The van der Waals surface area contributed by atoms with Gasteiger partial charge in [-0.3, -0.25) is 0 Å². The summed E-state index contributed by atoms with van der Waals surface area (Å²) in [7, 11) is 0. The lowest BCUT2D eigenvalue weighted by molar-refractivity contribution is -0.323. The van der Waals surface area contributed by atoms with Crippen LogP contribution >= 0.6 is 0 Å². The fraction of sp³-hybridized carbons (Fsp3) is 0.926. The molecule has 2 aliphatic heterocycles. The van der Waals surface area contributed by atoms with Crippen molar-refractivity contribution >= 4 is 0 Å². The quantitative estimate of drug-likeness (QED) is 0.408. The molecular weight excluding hydrogens is 404 g/mol. The first-order chi connectivity index (χ1) is 15.1. The van der Waals surface area contributed by atoms with Gasteiger partial charge in [-0.05, 0) is 97.4 Å². The zero-order valence-electron chi connectivity index (χ0n) is 20.1. The predicted molar refractivity (Wildman–Crippen MR) is 120 cm³/mol. The van der Waals surface area contributed by atoms with E-state index in [0.717, 1.165) is 36.7 Å². The highest BCUT2D eigenvalue weighted by molar-refractivity contribution is 5.42. The highest BCUT2D eigenvalue weighted by Gasteiger charge is 2.67. The molecule has 0 aromatic heterocycles. The maximum Gasteiger partial charge on any atom is 0.305 e. The first kappa shape index (κ1) is 22.0. The molecule has 6 rings (SSSR count). The van der Waals surface area contributed by atoms with Crippen molar-refractivity contribution in [1.82, 2.24) is 0 Å². The molecule has 2 unspecified atom stereocenters. The summed E-state index contributed by atoms with van der Waals surface area (Å²) < 4.78 is 12.8. The summed E-state index contributed by atoms with van der Waals surface area (Å²) >= 11 is 0. The maximum atomic E-state index is 10.6. The van der Waals surface area contributed by atoms with Crippen LogP contribution in [0.25, 0.3) is 0 Å². The third-order valence-electron chi connectivity index (χ3n) is 11.3. The Balaban J connectivity index is 1.39. The zero-order valence-corrected chi connectivity index (χ0v) is 20.1. The first-order valence-electron chi connectivity index (χ1n) is 13.3. The van der Waals surface area contributed by atoms with E-state index in [4.69, 9.17) is 9.47 Å². The maximum absolute atomic E-state index is 10.6. The number of aliphatic hydroxyl groups is 3. The molecular formula is C27H42O5. The molecule has 4 saturated carbocycles. The van der Waals surface area contributed by atoms with Gasteiger partial charge in [0.1, 0.15) is 0 Å². The Morgan fingerprint density at radius 3 is 2.44 bits per heavy atom. The van der Waals surface area contributed by atoms with Crippen LogP contribution in [0.5, 0.6) is 0 Å². The van der Waals surface area contributed by atoms with E-state index in [0.29, 0.717) is 36.2 Å². The molecule has 5 heteroatoms. The van der Waals surface area contributed by atoms with E-state index >= 15 is 0 Å². The van der Waals surface area contributed by atoms with E-state index < -0.39 is 11.8 Å². The number of hydrogen-bond donors (Lipinski definition) is 3. The Morgan fingerprint density at radius 1 is 0.906 bits per heavy atom. The van der Waals surface area contributed by atoms with E-state index in [1.54, 1.807) is 0 Å². The molecule has 5 nitrogen and oxygen atoms in total. The van der Waals surface area contributed by atoms with Crippen LogP contribution < -0.4 is 0 Å². The second-order valence-electron chi connectivity index (χ2n) is 12.8. The van der Waals surface area contributed by atoms with E-state index in [1.165, 1.54) is 44.9 Å². The molecule has 6 aliphatic rings. The summed E-state index contributed by atoms with van der Waals surface area (Å²) in [6.45, 7) is 7.56. The van der Waals surface area contributed by atoms with Crippen molar-refractivity contribution in [3.05, 3.63) is 11.1 Å². The van der Waals surface area contributed by atoms with Crippen molar-refractivity contribution < 1.29 is 24.8 Å². The molecule has 2 heterocycles. The number of fused-ring (bicyclic) bond motifs is 7. The smallest absolute Gasteiger partial charge is 0.305 e. The second-order valence-corrected chi connectivity index (χ2v) is 12.8. The third-order valence-corrected chi connectivity index (χ3v) is 11.3. The van der Waals surface area contributed by atoms with Gasteiger partial charge in [-0.2, -0.15) is 0 Å². The normalized spacial score (nSPS) is 53.1. The van der Waals surface area contributed by atoms with E-state index in [1.807, 2.05) is 0 Å². The lowest BCUT2D eigenvalue weighted by Gasteiger charge is -2.60. The van der Waals surface area contributed by atoms with Gasteiger partial charge in [0.25, 0.3) is 0 Å².